The molecule has 3 fully saturated rings. The van der Waals surface area contributed by atoms with Gasteiger partial charge in [0.25, 0.3) is 0 Å². The third-order valence-electron chi connectivity index (χ3n) is 3.30. The number of hydrogen-bond acceptors (Lipinski definition) is 1. The molecule has 56 valence electrons. The number of allylic oxidation sites excluding steroid dienone is 1. The van der Waals surface area contributed by atoms with Crippen LogP contribution in [0.4, 0.5) is 0 Å². The van der Waals surface area contributed by atoms with Gasteiger partial charge in [0, 0.05) is 0 Å². The first kappa shape index (κ1) is 6.41. The summed E-state index contributed by atoms with van der Waals surface area (Å²) in [6.07, 6.45) is 4.10. The molecule has 1 heteroatoms. The smallest absolute Gasteiger partial charge is 0.00431 e. The normalized spacial score (nSPS) is 44.9. The van der Waals surface area contributed by atoms with Crippen molar-refractivity contribution < 1.29 is 0 Å². The molecule has 3 aliphatic rings. The number of fused-ring (bicyclic) bond motifs is 2. The predicted molar refractivity (Wildman–Crippen MR) is 42.5 cm³/mol. The van der Waals surface area contributed by atoms with Crippen molar-refractivity contribution in [1.82, 2.24) is 0 Å². The molecule has 10 heavy (non-hydrogen) atoms. The zero-order valence-electron chi connectivity index (χ0n) is 6.34. The molecule has 0 amide bonds. The van der Waals surface area contributed by atoms with E-state index in [1.807, 2.05) is 0 Å². The fraction of sp³-hybridized carbons (Fsp3) is 0.778. The lowest BCUT2D eigenvalue weighted by atomic mass is 9.57. The quantitative estimate of drug-likeness (QED) is 0.545. The van der Waals surface area contributed by atoms with Gasteiger partial charge in [-0.3, -0.25) is 0 Å². The van der Waals surface area contributed by atoms with Gasteiger partial charge in [0.1, 0.15) is 0 Å². The van der Waals surface area contributed by atoms with E-state index in [1.165, 1.54) is 24.8 Å². The molecule has 2 N–H and O–H groups in total. The highest BCUT2D eigenvalue weighted by Crippen LogP contribution is 2.51. The molecule has 0 spiro atoms. The molecule has 0 saturated heterocycles. The summed E-state index contributed by atoms with van der Waals surface area (Å²) in [6.45, 7) is 4.96. The monoisotopic (exact) mass is 137 g/mol. The Morgan fingerprint density at radius 2 is 2.30 bits per heavy atom. The lowest BCUT2D eigenvalue weighted by Gasteiger charge is -2.48. The van der Waals surface area contributed by atoms with E-state index in [1.54, 1.807) is 0 Å². The molecule has 0 aromatic rings. The van der Waals surface area contributed by atoms with Crippen molar-refractivity contribution in [1.29, 1.82) is 0 Å². The molecule has 0 aromatic heterocycles. The summed E-state index contributed by atoms with van der Waals surface area (Å²) in [6, 6.07) is 0. The van der Waals surface area contributed by atoms with Crippen molar-refractivity contribution in [3.05, 3.63) is 12.2 Å². The third kappa shape index (κ3) is 0.671. The van der Waals surface area contributed by atoms with Gasteiger partial charge < -0.3 is 5.73 Å². The SMILES string of the molecule is C=C1[C@H]2CC[C@@H](CN)[C@@H]1C2. The molecule has 2 bridgehead atoms. The Morgan fingerprint density at radius 1 is 1.50 bits per heavy atom. The average Bonchev–Trinajstić information content (AvgIpc) is 2.03. The molecule has 0 aromatic carbocycles. The molecule has 0 unspecified atom stereocenters. The summed E-state index contributed by atoms with van der Waals surface area (Å²) in [5.74, 6) is 2.47. The van der Waals surface area contributed by atoms with Gasteiger partial charge in [-0.05, 0) is 43.6 Å². The van der Waals surface area contributed by atoms with Crippen molar-refractivity contribution in [2.75, 3.05) is 6.54 Å². The van der Waals surface area contributed by atoms with Crippen molar-refractivity contribution in [2.45, 2.75) is 19.3 Å². The lowest BCUT2D eigenvalue weighted by Crippen LogP contribution is -2.41. The second kappa shape index (κ2) is 2.09. The predicted octanol–water partition coefficient (Wildman–Crippen LogP) is 1.55. The van der Waals surface area contributed by atoms with E-state index in [-0.39, 0.29) is 0 Å². The van der Waals surface area contributed by atoms with Crippen LogP contribution in [-0.4, -0.2) is 6.54 Å². The second-order valence-electron chi connectivity index (χ2n) is 3.69. The van der Waals surface area contributed by atoms with Gasteiger partial charge in [0.2, 0.25) is 0 Å². The highest BCUT2D eigenvalue weighted by molar-refractivity contribution is 5.20. The van der Waals surface area contributed by atoms with Crippen LogP contribution >= 0.6 is 0 Å². The number of hydrogen-bond donors (Lipinski definition) is 1. The van der Waals surface area contributed by atoms with E-state index >= 15 is 0 Å². The Bertz CT molecular complexity index is 160. The first-order valence-corrected chi connectivity index (χ1v) is 4.21. The molecule has 1 nitrogen and oxygen atoms in total. The first-order valence-electron chi connectivity index (χ1n) is 4.21. The fourth-order valence-electron chi connectivity index (χ4n) is 2.45. The van der Waals surface area contributed by atoms with Crippen LogP contribution in [0.5, 0.6) is 0 Å². The average molecular weight is 137 g/mol. The maximum absolute atomic E-state index is 5.64. The Morgan fingerprint density at radius 3 is 2.70 bits per heavy atom. The molecule has 3 rings (SSSR count). The molecule has 3 atom stereocenters. The first-order chi connectivity index (χ1) is 4.83. The summed E-state index contributed by atoms with van der Waals surface area (Å²) < 4.78 is 0. The lowest BCUT2D eigenvalue weighted by molar-refractivity contribution is 0.140. The minimum Gasteiger partial charge on any atom is -0.330 e. The van der Waals surface area contributed by atoms with E-state index in [0.29, 0.717) is 0 Å². The standard InChI is InChI=1S/C9H15N/c1-6-7-2-3-8(5-10)9(6)4-7/h7-9H,1-5,10H2/t7-,8-,9+/m0/s1. The van der Waals surface area contributed by atoms with Crippen LogP contribution in [0.15, 0.2) is 12.2 Å². The van der Waals surface area contributed by atoms with E-state index < -0.39 is 0 Å². The van der Waals surface area contributed by atoms with Crippen molar-refractivity contribution in [2.24, 2.45) is 23.5 Å². The van der Waals surface area contributed by atoms with Crippen LogP contribution in [0.3, 0.4) is 0 Å². The highest BCUT2D eigenvalue weighted by Gasteiger charge is 2.42. The minimum atomic E-state index is 0.775. The summed E-state index contributed by atoms with van der Waals surface area (Å²) in [5.41, 5.74) is 7.14. The molecule has 3 saturated carbocycles. The third-order valence-corrected chi connectivity index (χ3v) is 3.30. The van der Waals surface area contributed by atoms with Crippen LogP contribution in [0.25, 0.3) is 0 Å². The topological polar surface area (TPSA) is 26.0 Å². The Labute approximate surface area is 62.3 Å². The molecular formula is C9H15N. The summed E-state index contributed by atoms with van der Waals surface area (Å²) in [5, 5.41) is 0. The second-order valence-corrected chi connectivity index (χ2v) is 3.69. The maximum Gasteiger partial charge on any atom is -0.00431 e. The molecule has 3 aliphatic carbocycles. The van der Waals surface area contributed by atoms with Gasteiger partial charge in [0.15, 0.2) is 0 Å². The van der Waals surface area contributed by atoms with E-state index in [0.717, 1.165) is 24.3 Å². The van der Waals surface area contributed by atoms with Gasteiger partial charge >= 0.3 is 0 Å². The van der Waals surface area contributed by atoms with Gasteiger partial charge in [-0.1, -0.05) is 12.2 Å². The molecule has 0 aliphatic heterocycles. The Balaban J connectivity index is 2.07. The van der Waals surface area contributed by atoms with Gasteiger partial charge in [0.05, 0.1) is 0 Å². The van der Waals surface area contributed by atoms with E-state index in [9.17, 15) is 0 Å². The van der Waals surface area contributed by atoms with E-state index in [2.05, 4.69) is 6.58 Å². The van der Waals surface area contributed by atoms with Gasteiger partial charge in [-0.15, -0.1) is 0 Å². The Kier molecular flexibility index (Phi) is 1.34. The maximum atomic E-state index is 5.64. The van der Waals surface area contributed by atoms with Crippen molar-refractivity contribution in [3.63, 3.8) is 0 Å². The van der Waals surface area contributed by atoms with Crippen LogP contribution < -0.4 is 5.73 Å². The van der Waals surface area contributed by atoms with Gasteiger partial charge in [-0.25, -0.2) is 0 Å². The molecular weight excluding hydrogens is 122 g/mol. The van der Waals surface area contributed by atoms with Gasteiger partial charge in [-0.2, -0.15) is 0 Å². The zero-order valence-corrected chi connectivity index (χ0v) is 6.34. The number of nitrogens with two attached hydrogens (primary N) is 1. The van der Waals surface area contributed by atoms with Crippen LogP contribution in [0, 0.1) is 17.8 Å². The largest absolute Gasteiger partial charge is 0.330 e. The van der Waals surface area contributed by atoms with Crippen molar-refractivity contribution >= 4 is 0 Å². The molecule has 0 heterocycles. The zero-order chi connectivity index (χ0) is 7.14. The highest BCUT2D eigenvalue weighted by atomic mass is 14.6. The summed E-state index contributed by atoms with van der Waals surface area (Å²) in [4.78, 5) is 0. The van der Waals surface area contributed by atoms with E-state index in [4.69, 9.17) is 5.73 Å². The van der Waals surface area contributed by atoms with Crippen LogP contribution in [0.1, 0.15) is 19.3 Å². The van der Waals surface area contributed by atoms with Crippen molar-refractivity contribution in [3.8, 4) is 0 Å². The summed E-state index contributed by atoms with van der Waals surface area (Å²) in [7, 11) is 0. The number of rotatable bonds is 1. The minimum absolute atomic E-state index is 0.775. The summed E-state index contributed by atoms with van der Waals surface area (Å²) >= 11 is 0. The fourth-order valence-corrected chi connectivity index (χ4v) is 2.45. The molecule has 0 radical (unpaired) electrons. The Hall–Kier alpha value is -0.300. The van der Waals surface area contributed by atoms with Crippen LogP contribution in [0.2, 0.25) is 0 Å². The van der Waals surface area contributed by atoms with Crippen LogP contribution in [-0.2, 0) is 0 Å².